The van der Waals surface area contributed by atoms with Crippen molar-refractivity contribution in [2.75, 3.05) is 40.3 Å². The summed E-state index contributed by atoms with van der Waals surface area (Å²) in [5, 5.41) is 0. The Bertz CT molecular complexity index is 677. The minimum atomic E-state index is -0.123. The van der Waals surface area contributed by atoms with Gasteiger partial charge in [-0.15, -0.1) is 0 Å². The highest BCUT2D eigenvalue weighted by atomic mass is 16.6. The summed E-state index contributed by atoms with van der Waals surface area (Å²) in [6.07, 6.45) is 48.3. The first kappa shape index (κ1) is 43.2. The number of allylic oxidation sites excluding steroid dienone is 8. The van der Waals surface area contributed by atoms with Crippen molar-refractivity contribution in [3.63, 3.8) is 0 Å². The Hall–Kier alpha value is -1.81. The third kappa shape index (κ3) is 34.9. The lowest BCUT2D eigenvalue weighted by atomic mass is 10.1. The fraction of sp³-hybridized carbons (Fsp3) is 0.780. The first-order chi connectivity index (χ1) is 22.1. The number of amides is 1. The Labute approximate surface area is 281 Å². The molecule has 0 aliphatic heterocycles. The van der Waals surface area contributed by atoms with Gasteiger partial charge in [0, 0.05) is 19.6 Å². The van der Waals surface area contributed by atoms with Gasteiger partial charge in [0.1, 0.15) is 6.61 Å². The van der Waals surface area contributed by atoms with Crippen molar-refractivity contribution in [2.24, 2.45) is 0 Å². The third-order valence-electron chi connectivity index (χ3n) is 8.28. The highest BCUT2D eigenvalue weighted by molar-refractivity contribution is 5.67. The topological polar surface area (TPSA) is 32.8 Å². The van der Waals surface area contributed by atoms with Gasteiger partial charge < -0.3 is 14.5 Å². The molecule has 1 amide bonds. The minimum absolute atomic E-state index is 0.123. The van der Waals surface area contributed by atoms with Crippen LogP contribution in [-0.4, -0.2) is 56.2 Å². The zero-order valence-electron chi connectivity index (χ0n) is 30.6. The zero-order valence-corrected chi connectivity index (χ0v) is 30.6. The molecule has 0 atom stereocenters. The fourth-order valence-electron chi connectivity index (χ4n) is 5.28. The summed E-state index contributed by atoms with van der Waals surface area (Å²) in [5.41, 5.74) is 0. The first-order valence-corrected chi connectivity index (χ1v) is 19.3. The molecule has 0 unspecified atom stereocenters. The van der Waals surface area contributed by atoms with E-state index in [9.17, 15) is 4.79 Å². The lowest BCUT2D eigenvalue weighted by Crippen LogP contribution is -2.35. The second-order valence-corrected chi connectivity index (χ2v) is 13.1. The zero-order chi connectivity index (χ0) is 32.9. The van der Waals surface area contributed by atoms with Crippen LogP contribution in [0.1, 0.15) is 168 Å². The van der Waals surface area contributed by atoms with E-state index in [4.69, 9.17) is 4.74 Å². The molecule has 0 fully saturated rings. The lowest BCUT2D eigenvalue weighted by Gasteiger charge is -2.23. The van der Waals surface area contributed by atoms with Crippen molar-refractivity contribution in [1.29, 1.82) is 0 Å². The average molecular weight is 629 g/mol. The minimum Gasteiger partial charge on any atom is -0.448 e. The van der Waals surface area contributed by atoms with Crippen LogP contribution in [0.4, 0.5) is 4.79 Å². The van der Waals surface area contributed by atoms with Gasteiger partial charge in [-0.25, -0.2) is 4.79 Å². The summed E-state index contributed by atoms with van der Waals surface area (Å²) in [6, 6.07) is 0. The maximum Gasteiger partial charge on any atom is 0.409 e. The van der Waals surface area contributed by atoms with E-state index in [2.05, 4.69) is 67.4 Å². The summed E-state index contributed by atoms with van der Waals surface area (Å²) in [4.78, 5) is 16.8. The van der Waals surface area contributed by atoms with Crippen LogP contribution in [0.5, 0.6) is 0 Å². The molecular formula is C41H76N2O2. The number of unbranched alkanes of at least 4 members (excludes halogenated alkanes) is 18. The van der Waals surface area contributed by atoms with Gasteiger partial charge in [0.15, 0.2) is 0 Å². The van der Waals surface area contributed by atoms with Crippen LogP contribution in [0.25, 0.3) is 0 Å². The normalized spacial score (nSPS) is 12.2. The molecule has 0 saturated carbocycles. The summed E-state index contributed by atoms with van der Waals surface area (Å²) in [5.74, 6) is 0. The fourth-order valence-corrected chi connectivity index (χ4v) is 5.28. The Balaban J connectivity index is 3.97. The molecular weight excluding hydrogens is 552 g/mol. The Morgan fingerprint density at radius 3 is 1.20 bits per heavy atom. The lowest BCUT2D eigenvalue weighted by molar-refractivity contribution is 0.0946. The van der Waals surface area contributed by atoms with E-state index in [1.807, 2.05) is 19.0 Å². The van der Waals surface area contributed by atoms with Crippen molar-refractivity contribution >= 4 is 6.09 Å². The molecule has 0 saturated heterocycles. The van der Waals surface area contributed by atoms with Crippen LogP contribution in [0.15, 0.2) is 48.6 Å². The van der Waals surface area contributed by atoms with Crippen LogP contribution in [0.2, 0.25) is 0 Å². The molecule has 4 nitrogen and oxygen atoms in total. The Morgan fingerprint density at radius 2 is 0.822 bits per heavy atom. The molecule has 0 aliphatic rings. The van der Waals surface area contributed by atoms with E-state index >= 15 is 0 Å². The van der Waals surface area contributed by atoms with Crippen molar-refractivity contribution < 1.29 is 9.53 Å². The summed E-state index contributed by atoms with van der Waals surface area (Å²) >= 11 is 0. The number of carbonyl (C=O) groups is 1. The van der Waals surface area contributed by atoms with Crippen LogP contribution < -0.4 is 0 Å². The van der Waals surface area contributed by atoms with Gasteiger partial charge in [0.2, 0.25) is 0 Å². The predicted molar refractivity (Wildman–Crippen MR) is 200 cm³/mol. The number of ether oxygens (including phenoxy) is 1. The molecule has 0 bridgehead atoms. The Morgan fingerprint density at radius 1 is 0.467 bits per heavy atom. The number of carbonyl (C=O) groups excluding carboxylic acids is 1. The third-order valence-corrected chi connectivity index (χ3v) is 8.28. The SMILES string of the molecule is CCCCCC=CCC=CCCCCCCCCN(CCCCCCCCC=CCC=CCCCCC)C(=O)OCCN(C)C. The standard InChI is InChI=1S/C41H76N2O2/c1-5-7-9-11-13-15-17-19-21-23-25-27-29-31-33-35-37-43(41(44)45-40-39-42(3)4)38-36-34-32-30-28-26-24-22-20-18-16-14-12-10-8-6-2/h13-16,19-22H,5-12,17-18,23-40H2,1-4H3. The average Bonchev–Trinajstić information content (AvgIpc) is 3.03. The van der Waals surface area contributed by atoms with E-state index < -0.39 is 0 Å². The number of likely N-dealkylation sites (N-methyl/N-ethyl adjacent to an activating group) is 1. The number of hydrogen-bond acceptors (Lipinski definition) is 3. The van der Waals surface area contributed by atoms with Crippen LogP contribution in [-0.2, 0) is 4.74 Å². The highest BCUT2D eigenvalue weighted by Crippen LogP contribution is 2.12. The van der Waals surface area contributed by atoms with E-state index in [0.717, 1.165) is 45.3 Å². The quantitative estimate of drug-likeness (QED) is 0.0535. The molecule has 0 heterocycles. The molecule has 0 aromatic heterocycles. The van der Waals surface area contributed by atoms with Gasteiger partial charge in [-0.05, 0) is 91.1 Å². The number of nitrogens with zero attached hydrogens (tertiary/aromatic N) is 2. The summed E-state index contributed by atoms with van der Waals surface area (Å²) < 4.78 is 5.60. The summed E-state index contributed by atoms with van der Waals surface area (Å²) in [7, 11) is 4.03. The van der Waals surface area contributed by atoms with Crippen molar-refractivity contribution in [1.82, 2.24) is 9.80 Å². The monoisotopic (exact) mass is 629 g/mol. The van der Waals surface area contributed by atoms with Crippen LogP contribution in [0, 0.1) is 0 Å². The van der Waals surface area contributed by atoms with E-state index in [1.165, 1.54) is 128 Å². The smallest absolute Gasteiger partial charge is 0.409 e. The van der Waals surface area contributed by atoms with Crippen molar-refractivity contribution in [3.8, 4) is 0 Å². The Kier molecular flexibility index (Phi) is 35.2. The first-order valence-electron chi connectivity index (χ1n) is 19.3. The largest absolute Gasteiger partial charge is 0.448 e. The summed E-state index contributed by atoms with van der Waals surface area (Å²) in [6.45, 7) is 7.42. The second-order valence-electron chi connectivity index (χ2n) is 13.1. The van der Waals surface area contributed by atoms with Gasteiger partial charge >= 0.3 is 6.09 Å². The highest BCUT2D eigenvalue weighted by Gasteiger charge is 2.14. The van der Waals surface area contributed by atoms with Gasteiger partial charge in [-0.3, -0.25) is 0 Å². The molecule has 0 aromatic rings. The van der Waals surface area contributed by atoms with E-state index in [0.29, 0.717) is 6.61 Å². The molecule has 0 radical (unpaired) electrons. The van der Waals surface area contributed by atoms with Gasteiger partial charge in [0.25, 0.3) is 0 Å². The van der Waals surface area contributed by atoms with Crippen molar-refractivity contribution in [2.45, 2.75) is 168 Å². The second kappa shape index (κ2) is 36.7. The maximum atomic E-state index is 12.8. The van der Waals surface area contributed by atoms with Crippen molar-refractivity contribution in [3.05, 3.63) is 48.6 Å². The predicted octanol–water partition coefficient (Wildman–Crippen LogP) is 12.6. The molecule has 262 valence electrons. The molecule has 0 aromatic carbocycles. The molecule has 0 N–H and O–H groups in total. The van der Waals surface area contributed by atoms with Gasteiger partial charge in [-0.1, -0.05) is 140 Å². The number of rotatable bonds is 33. The van der Waals surface area contributed by atoms with Crippen LogP contribution in [0.3, 0.4) is 0 Å². The van der Waals surface area contributed by atoms with Gasteiger partial charge in [0.05, 0.1) is 0 Å². The molecule has 45 heavy (non-hydrogen) atoms. The maximum absolute atomic E-state index is 12.8. The van der Waals surface area contributed by atoms with Gasteiger partial charge in [-0.2, -0.15) is 0 Å². The molecule has 0 spiro atoms. The molecule has 0 aliphatic carbocycles. The number of hydrogen-bond donors (Lipinski definition) is 0. The van der Waals surface area contributed by atoms with E-state index in [1.54, 1.807) is 0 Å². The van der Waals surface area contributed by atoms with Crippen LogP contribution >= 0.6 is 0 Å². The molecule has 0 rings (SSSR count). The van der Waals surface area contributed by atoms with E-state index in [-0.39, 0.29) is 6.09 Å². The molecule has 4 heteroatoms.